The van der Waals surface area contributed by atoms with Crippen LogP contribution in [0, 0.1) is 0 Å². The molecule has 0 aromatic rings. The smallest absolute Gasteiger partial charge is 0.163 e. The minimum atomic E-state index is -2.88. The molecule has 0 amide bonds. The van der Waals surface area contributed by atoms with E-state index in [0.717, 1.165) is 0 Å². The first-order valence-corrected chi connectivity index (χ1v) is 5.93. The predicted octanol–water partition coefficient (Wildman–Crippen LogP) is 1.11. The van der Waals surface area contributed by atoms with Crippen LogP contribution >= 0.6 is 0 Å². The van der Waals surface area contributed by atoms with E-state index in [2.05, 4.69) is 0 Å². The van der Waals surface area contributed by atoms with Crippen LogP contribution in [-0.2, 0) is 9.84 Å². The Kier molecular flexibility index (Phi) is 3.72. The monoisotopic (exact) mass is 193 g/mol. The Hall–Kier alpha value is -0.0900. The van der Waals surface area contributed by atoms with Crippen molar-refractivity contribution in [1.82, 2.24) is 4.90 Å². The summed E-state index contributed by atoms with van der Waals surface area (Å²) in [5, 5.41) is 0. The standard InChI is InChI=1S/C8H19NO2S/c1-6-12(10,11)7-9(5)8(2,3)4/h6-7H2,1-5H3. The van der Waals surface area contributed by atoms with Crippen molar-refractivity contribution >= 4 is 9.84 Å². The summed E-state index contributed by atoms with van der Waals surface area (Å²) in [6, 6.07) is 0. The molecule has 0 aliphatic heterocycles. The predicted molar refractivity (Wildman–Crippen MR) is 51.8 cm³/mol. The molecule has 0 atom stereocenters. The topological polar surface area (TPSA) is 37.4 Å². The number of rotatable bonds is 3. The fourth-order valence-corrected chi connectivity index (χ4v) is 1.74. The van der Waals surface area contributed by atoms with E-state index in [1.165, 1.54) is 0 Å². The fourth-order valence-electron chi connectivity index (χ4n) is 0.580. The van der Waals surface area contributed by atoms with E-state index < -0.39 is 9.84 Å². The highest BCUT2D eigenvalue weighted by Gasteiger charge is 2.21. The van der Waals surface area contributed by atoms with Crippen molar-refractivity contribution in [1.29, 1.82) is 0 Å². The molecule has 0 unspecified atom stereocenters. The molecule has 0 heterocycles. The van der Waals surface area contributed by atoms with Crippen LogP contribution in [0.25, 0.3) is 0 Å². The highest BCUT2D eigenvalue weighted by Crippen LogP contribution is 2.11. The van der Waals surface area contributed by atoms with E-state index >= 15 is 0 Å². The molecule has 0 aromatic carbocycles. The largest absolute Gasteiger partial charge is 0.288 e. The van der Waals surface area contributed by atoms with Crippen molar-refractivity contribution in [3.05, 3.63) is 0 Å². The molecule has 0 aromatic heterocycles. The molecule has 12 heavy (non-hydrogen) atoms. The number of hydrogen-bond donors (Lipinski definition) is 0. The van der Waals surface area contributed by atoms with Crippen molar-refractivity contribution in [2.24, 2.45) is 0 Å². The SMILES string of the molecule is CCS(=O)(=O)CN(C)C(C)(C)C. The van der Waals surface area contributed by atoms with Crippen LogP contribution in [0.3, 0.4) is 0 Å². The normalized spacial score (nSPS) is 13.8. The van der Waals surface area contributed by atoms with Crippen molar-refractivity contribution in [2.45, 2.75) is 33.2 Å². The Morgan fingerprint density at radius 3 is 1.92 bits per heavy atom. The first-order chi connectivity index (χ1) is 5.19. The van der Waals surface area contributed by atoms with Gasteiger partial charge in [-0.3, -0.25) is 4.90 Å². The molecule has 0 rings (SSSR count). The van der Waals surface area contributed by atoms with Crippen molar-refractivity contribution in [2.75, 3.05) is 18.7 Å². The molecule has 0 bridgehead atoms. The number of nitrogens with zero attached hydrogens (tertiary/aromatic N) is 1. The fraction of sp³-hybridized carbons (Fsp3) is 1.00. The van der Waals surface area contributed by atoms with E-state index in [-0.39, 0.29) is 17.2 Å². The van der Waals surface area contributed by atoms with Gasteiger partial charge in [0.05, 0.1) is 0 Å². The van der Waals surface area contributed by atoms with Crippen LogP contribution in [-0.4, -0.2) is 37.5 Å². The second-order valence-electron chi connectivity index (χ2n) is 4.03. The lowest BCUT2D eigenvalue weighted by Crippen LogP contribution is -2.41. The lowest BCUT2D eigenvalue weighted by molar-refractivity contribution is 0.204. The van der Waals surface area contributed by atoms with Gasteiger partial charge in [-0.05, 0) is 27.8 Å². The molecule has 0 spiro atoms. The third kappa shape index (κ3) is 4.07. The van der Waals surface area contributed by atoms with E-state index in [1.807, 2.05) is 32.7 Å². The molecule has 0 saturated carbocycles. The van der Waals surface area contributed by atoms with Gasteiger partial charge in [-0.25, -0.2) is 8.42 Å². The molecule has 0 aliphatic rings. The average Bonchev–Trinajstić information content (AvgIpc) is 1.85. The molecular formula is C8H19NO2S. The summed E-state index contributed by atoms with van der Waals surface area (Å²) in [6.07, 6.45) is 0. The zero-order valence-corrected chi connectivity index (χ0v) is 9.40. The summed E-state index contributed by atoms with van der Waals surface area (Å²) in [5.74, 6) is 0.362. The number of hydrogen-bond acceptors (Lipinski definition) is 3. The van der Waals surface area contributed by atoms with Crippen molar-refractivity contribution < 1.29 is 8.42 Å². The summed E-state index contributed by atoms with van der Waals surface area (Å²) >= 11 is 0. The van der Waals surface area contributed by atoms with E-state index in [4.69, 9.17) is 0 Å². The van der Waals surface area contributed by atoms with Gasteiger partial charge in [-0.2, -0.15) is 0 Å². The van der Waals surface area contributed by atoms with Crippen LogP contribution < -0.4 is 0 Å². The highest BCUT2D eigenvalue weighted by molar-refractivity contribution is 7.91. The van der Waals surface area contributed by atoms with Gasteiger partial charge in [0.1, 0.15) is 5.88 Å². The molecule has 0 aliphatic carbocycles. The molecule has 0 radical (unpaired) electrons. The Labute approximate surface area is 75.7 Å². The van der Waals surface area contributed by atoms with Crippen LogP contribution in [0.2, 0.25) is 0 Å². The first kappa shape index (κ1) is 11.9. The second kappa shape index (κ2) is 3.75. The molecule has 0 saturated heterocycles. The van der Waals surface area contributed by atoms with Crippen LogP contribution in [0.15, 0.2) is 0 Å². The van der Waals surface area contributed by atoms with Crippen molar-refractivity contribution in [3.63, 3.8) is 0 Å². The average molecular weight is 193 g/mol. The molecule has 0 fully saturated rings. The van der Waals surface area contributed by atoms with Gasteiger partial charge in [-0.15, -0.1) is 0 Å². The molecular weight excluding hydrogens is 174 g/mol. The Balaban J connectivity index is 4.30. The summed E-state index contributed by atoms with van der Waals surface area (Å²) in [6.45, 7) is 7.67. The summed E-state index contributed by atoms with van der Waals surface area (Å²) in [5.41, 5.74) is -0.0811. The number of sulfone groups is 1. The molecule has 0 N–H and O–H groups in total. The summed E-state index contributed by atoms with van der Waals surface area (Å²) < 4.78 is 22.4. The van der Waals surface area contributed by atoms with E-state index in [1.54, 1.807) is 6.92 Å². The lowest BCUT2D eigenvalue weighted by atomic mass is 10.1. The van der Waals surface area contributed by atoms with Gasteiger partial charge in [0.25, 0.3) is 0 Å². The maximum Gasteiger partial charge on any atom is 0.163 e. The third-order valence-electron chi connectivity index (χ3n) is 1.98. The minimum absolute atomic E-state index is 0.0811. The van der Waals surface area contributed by atoms with Crippen LogP contribution in [0.1, 0.15) is 27.7 Å². The van der Waals surface area contributed by atoms with Crippen LogP contribution in [0.4, 0.5) is 0 Å². The third-order valence-corrected chi connectivity index (χ3v) is 3.64. The molecule has 4 heteroatoms. The zero-order chi connectivity index (χ0) is 9.99. The Morgan fingerprint density at radius 1 is 1.25 bits per heavy atom. The Bertz CT molecular complexity index is 226. The minimum Gasteiger partial charge on any atom is -0.288 e. The molecule has 3 nitrogen and oxygen atoms in total. The van der Waals surface area contributed by atoms with Gasteiger partial charge in [0.15, 0.2) is 9.84 Å². The van der Waals surface area contributed by atoms with Crippen LogP contribution in [0.5, 0.6) is 0 Å². The van der Waals surface area contributed by atoms with Crippen molar-refractivity contribution in [3.8, 4) is 0 Å². The van der Waals surface area contributed by atoms with E-state index in [9.17, 15) is 8.42 Å². The van der Waals surface area contributed by atoms with E-state index in [0.29, 0.717) is 0 Å². The zero-order valence-electron chi connectivity index (χ0n) is 8.59. The lowest BCUT2D eigenvalue weighted by Gasteiger charge is -2.31. The van der Waals surface area contributed by atoms with Gasteiger partial charge in [0.2, 0.25) is 0 Å². The van der Waals surface area contributed by atoms with Gasteiger partial charge in [0, 0.05) is 11.3 Å². The quantitative estimate of drug-likeness (QED) is 0.674. The Morgan fingerprint density at radius 2 is 1.67 bits per heavy atom. The first-order valence-electron chi connectivity index (χ1n) is 4.10. The van der Waals surface area contributed by atoms with Gasteiger partial charge < -0.3 is 0 Å². The van der Waals surface area contributed by atoms with Gasteiger partial charge in [-0.1, -0.05) is 6.92 Å². The highest BCUT2D eigenvalue weighted by atomic mass is 32.2. The second-order valence-corrected chi connectivity index (χ2v) is 6.35. The summed E-state index contributed by atoms with van der Waals surface area (Å²) in [7, 11) is -1.05. The van der Waals surface area contributed by atoms with Gasteiger partial charge >= 0.3 is 0 Å². The molecule has 74 valence electrons. The summed E-state index contributed by atoms with van der Waals surface area (Å²) in [4.78, 5) is 1.84. The maximum absolute atomic E-state index is 11.2. The maximum atomic E-state index is 11.2.